The number of fused-ring (bicyclic) bond motifs is 1. The number of esters is 1. The van der Waals surface area contributed by atoms with Crippen LogP contribution in [0, 0.1) is 5.41 Å². The number of hydrogen-bond donors (Lipinski definition) is 0. The van der Waals surface area contributed by atoms with Gasteiger partial charge in [0.1, 0.15) is 12.0 Å². The summed E-state index contributed by atoms with van der Waals surface area (Å²) in [6, 6.07) is 0. The summed E-state index contributed by atoms with van der Waals surface area (Å²) in [6.45, 7) is 8.37. The first-order chi connectivity index (χ1) is 14.6. The minimum atomic E-state index is -1.36. The quantitative estimate of drug-likeness (QED) is 0.621. The molecule has 0 aromatic carbocycles. The molecular formula is C22H33FN4O4. The van der Waals surface area contributed by atoms with Gasteiger partial charge in [0.25, 0.3) is 5.56 Å². The molecule has 0 aliphatic heterocycles. The van der Waals surface area contributed by atoms with Crippen LogP contribution >= 0.6 is 0 Å². The van der Waals surface area contributed by atoms with Crippen molar-refractivity contribution in [1.82, 2.24) is 18.7 Å². The fraction of sp³-hybridized carbons (Fsp3) is 0.727. The number of aromatic nitrogens is 4. The number of carbonyl (C=O) groups is 1. The molecule has 1 atom stereocenters. The van der Waals surface area contributed by atoms with Gasteiger partial charge in [-0.2, -0.15) is 0 Å². The first-order valence-corrected chi connectivity index (χ1v) is 11.1. The van der Waals surface area contributed by atoms with Gasteiger partial charge >= 0.3 is 11.7 Å². The normalized spacial score (nSPS) is 16.2. The molecule has 2 aromatic heterocycles. The molecule has 0 amide bonds. The average Bonchev–Trinajstić information content (AvgIpc) is 3.33. The Hall–Kier alpha value is -2.45. The van der Waals surface area contributed by atoms with Gasteiger partial charge in [-0.15, -0.1) is 0 Å². The van der Waals surface area contributed by atoms with Crippen LogP contribution in [0.1, 0.15) is 78.5 Å². The highest BCUT2D eigenvalue weighted by molar-refractivity contribution is 5.75. The number of carbonyl (C=O) groups excluding carboxylic acids is 1. The van der Waals surface area contributed by atoms with E-state index in [1.807, 2.05) is 6.92 Å². The van der Waals surface area contributed by atoms with Gasteiger partial charge in [-0.1, -0.05) is 19.8 Å². The molecule has 9 heteroatoms. The van der Waals surface area contributed by atoms with Crippen molar-refractivity contribution < 1.29 is 13.9 Å². The number of imidazole rings is 1. The molecule has 1 unspecified atom stereocenters. The van der Waals surface area contributed by atoms with Crippen molar-refractivity contribution in [3.63, 3.8) is 0 Å². The Balaban J connectivity index is 2.25. The summed E-state index contributed by atoms with van der Waals surface area (Å²) in [6.07, 6.45) is 3.25. The topological polar surface area (TPSA) is 88.1 Å². The maximum atomic E-state index is 13.8. The first-order valence-electron chi connectivity index (χ1n) is 11.1. The van der Waals surface area contributed by atoms with Crippen molar-refractivity contribution in [1.29, 1.82) is 0 Å². The monoisotopic (exact) mass is 436 g/mol. The van der Waals surface area contributed by atoms with Gasteiger partial charge in [-0.3, -0.25) is 23.3 Å². The number of hydrogen-bond acceptors (Lipinski definition) is 5. The number of rotatable bonds is 7. The van der Waals surface area contributed by atoms with Crippen LogP contribution in [0.5, 0.6) is 0 Å². The van der Waals surface area contributed by atoms with Crippen molar-refractivity contribution in [2.45, 2.75) is 98.6 Å². The smallest absolute Gasteiger partial charge is 0.332 e. The molecule has 3 rings (SSSR count). The number of halogens is 1. The maximum Gasteiger partial charge on any atom is 0.332 e. The number of nitrogens with zero attached hydrogens (tertiary/aromatic N) is 4. The molecule has 2 heterocycles. The Kier molecular flexibility index (Phi) is 6.71. The van der Waals surface area contributed by atoms with Crippen LogP contribution in [0.3, 0.4) is 0 Å². The Morgan fingerprint density at radius 2 is 1.84 bits per heavy atom. The first kappa shape index (κ1) is 23.2. The molecule has 1 saturated carbocycles. The molecule has 1 aliphatic carbocycles. The highest BCUT2D eigenvalue weighted by Crippen LogP contribution is 2.34. The zero-order chi connectivity index (χ0) is 22.9. The summed E-state index contributed by atoms with van der Waals surface area (Å²) >= 11 is 0. The molecule has 1 fully saturated rings. The van der Waals surface area contributed by atoms with E-state index in [-0.39, 0.29) is 30.4 Å². The third-order valence-corrected chi connectivity index (χ3v) is 5.68. The van der Waals surface area contributed by atoms with E-state index in [0.717, 1.165) is 30.3 Å². The molecule has 0 bridgehead atoms. The second kappa shape index (κ2) is 8.96. The van der Waals surface area contributed by atoms with Gasteiger partial charge in [0.05, 0.1) is 12.0 Å². The van der Waals surface area contributed by atoms with Crippen LogP contribution in [-0.2, 0) is 29.4 Å². The second-order valence-electron chi connectivity index (χ2n) is 9.49. The van der Waals surface area contributed by atoms with Crippen molar-refractivity contribution >= 4 is 17.1 Å². The highest BCUT2D eigenvalue weighted by Gasteiger charge is 2.29. The summed E-state index contributed by atoms with van der Waals surface area (Å²) < 4.78 is 23.3. The van der Waals surface area contributed by atoms with Gasteiger partial charge in [-0.25, -0.2) is 14.2 Å². The predicted octanol–water partition coefficient (Wildman–Crippen LogP) is 3.33. The fourth-order valence-corrected chi connectivity index (χ4v) is 4.11. The SMILES string of the molecule is CCCn1c(=O)n(CC(C)F)c(=O)c2c1nc(C1CCCC1)n2COC(=O)C(C)(C)C. The lowest BCUT2D eigenvalue weighted by molar-refractivity contribution is -0.156. The minimum absolute atomic E-state index is 0.124. The van der Waals surface area contributed by atoms with E-state index < -0.39 is 28.8 Å². The fourth-order valence-electron chi connectivity index (χ4n) is 4.11. The van der Waals surface area contributed by atoms with Crippen LogP contribution in [0.2, 0.25) is 0 Å². The molecule has 172 valence electrons. The third-order valence-electron chi connectivity index (χ3n) is 5.68. The molecular weight excluding hydrogens is 403 g/mol. The van der Waals surface area contributed by atoms with Gasteiger partial charge in [0.15, 0.2) is 17.9 Å². The predicted molar refractivity (Wildman–Crippen MR) is 116 cm³/mol. The largest absolute Gasteiger partial charge is 0.443 e. The molecule has 1 aliphatic rings. The lowest BCUT2D eigenvalue weighted by Gasteiger charge is -2.19. The molecule has 0 N–H and O–H groups in total. The summed E-state index contributed by atoms with van der Waals surface area (Å²) in [7, 11) is 0. The summed E-state index contributed by atoms with van der Waals surface area (Å²) in [4.78, 5) is 43.4. The second-order valence-corrected chi connectivity index (χ2v) is 9.49. The van der Waals surface area contributed by atoms with E-state index >= 15 is 0 Å². The number of ether oxygens (including phenoxy) is 1. The van der Waals surface area contributed by atoms with E-state index in [1.165, 1.54) is 11.5 Å². The molecule has 0 spiro atoms. The highest BCUT2D eigenvalue weighted by atomic mass is 19.1. The van der Waals surface area contributed by atoms with Crippen molar-refractivity contribution in [2.75, 3.05) is 0 Å². The average molecular weight is 437 g/mol. The van der Waals surface area contributed by atoms with Crippen LogP contribution < -0.4 is 11.2 Å². The van der Waals surface area contributed by atoms with E-state index in [4.69, 9.17) is 9.72 Å². The molecule has 31 heavy (non-hydrogen) atoms. The van der Waals surface area contributed by atoms with E-state index in [9.17, 15) is 18.8 Å². The van der Waals surface area contributed by atoms with Crippen LogP contribution in [0.25, 0.3) is 11.2 Å². The van der Waals surface area contributed by atoms with Gasteiger partial charge in [0.2, 0.25) is 0 Å². The third kappa shape index (κ3) is 4.60. The van der Waals surface area contributed by atoms with Crippen molar-refractivity contribution in [3.8, 4) is 0 Å². The van der Waals surface area contributed by atoms with E-state index in [1.54, 1.807) is 25.3 Å². The molecule has 0 saturated heterocycles. The lowest BCUT2D eigenvalue weighted by atomic mass is 9.98. The Morgan fingerprint density at radius 1 is 1.19 bits per heavy atom. The standard InChI is InChI=1S/C22H33FN4O4/c1-6-11-25-18-16(19(28)26(21(25)30)12-14(2)23)27(13-31-20(29)22(3,4)5)17(24-18)15-9-7-8-10-15/h14-15H,6-13H2,1-5H3. The van der Waals surface area contributed by atoms with Crippen LogP contribution in [0.4, 0.5) is 4.39 Å². The van der Waals surface area contributed by atoms with Gasteiger partial charge < -0.3 is 4.74 Å². The summed E-state index contributed by atoms with van der Waals surface area (Å²) in [5.74, 6) is 0.381. The minimum Gasteiger partial charge on any atom is -0.443 e. The maximum absolute atomic E-state index is 13.8. The Morgan fingerprint density at radius 3 is 2.39 bits per heavy atom. The van der Waals surface area contributed by atoms with Crippen LogP contribution in [0.15, 0.2) is 9.59 Å². The zero-order valence-corrected chi connectivity index (χ0v) is 19.1. The molecule has 0 radical (unpaired) electrons. The van der Waals surface area contributed by atoms with Crippen molar-refractivity contribution in [2.24, 2.45) is 5.41 Å². The van der Waals surface area contributed by atoms with Crippen molar-refractivity contribution in [3.05, 3.63) is 26.7 Å². The lowest BCUT2D eigenvalue weighted by Crippen LogP contribution is -2.42. The molecule has 8 nitrogen and oxygen atoms in total. The summed E-state index contributed by atoms with van der Waals surface area (Å²) in [5, 5.41) is 0. The van der Waals surface area contributed by atoms with E-state index in [0.29, 0.717) is 18.8 Å². The Bertz CT molecular complexity index is 1070. The Labute approximate surface area is 181 Å². The number of aryl methyl sites for hydroxylation is 1. The van der Waals surface area contributed by atoms with Gasteiger partial charge in [-0.05, 0) is 47.0 Å². The van der Waals surface area contributed by atoms with Gasteiger partial charge in [0, 0.05) is 12.5 Å². The number of alkyl halides is 1. The van der Waals surface area contributed by atoms with E-state index in [2.05, 4.69) is 0 Å². The van der Waals surface area contributed by atoms with Crippen LogP contribution in [-0.4, -0.2) is 30.8 Å². The summed E-state index contributed by atoms with van der Waals surface area (Å²) in [5.41, 5.74) is -1.37. The zero-order valence-electron chi connectivity index (χ0n) is 19.1. The molecule has 2 aromatic rings.